The zero-order valence-electron chi connectivity index (χ0n) is 15.4. The predicted octanol–water partition coefficient (Wildman–Crippen LogP) is 2.96. The van der Waals surface area contributed by atoms with Crippen molar-refractivity contribution in [1.29, 1.82) is 0 Å². The number of likely N-dealkylation sites (N-methyl/N-ethyl adjacent to an activating group) is 1. The quantitative estimate of drug-likeness (QED) is 0.847. The molecule has 4 aliphatic rings. The summed E-state index contributed by atoms with van der Waals surface area (Å²) in [6, 6.07) is 4.75. The number of Topliss-reactive ketones (excluding diaryl/α,β-unsaturated/α-hetero) is 1. The highest BCUT2D eigenvalue weighted by atomic mass is 16.5. The summed E-state index contributed by atoms with van der Waals surface area (Å²) in [5, 5.41) is 0. The first-order chi connectivity index (χ1) is 12.1. The minimum atomic E-state index is -0.299. The lowest BCUT2D eigenvalue weighted by molar-refractivity contribution is -0.144. The lowest BCUT2D eigenvalue weighted by Gasteiger charge is -2.59. The van der Waals surface area contributed by atoms with Gasteiger partial charge in [-0.1, -0.05) is 19.4 Å². The maximum atomic E-state index is 13.1. The van der Waals surface area contributed by atoms with Crippen LogP contribution in [0, 0.1) is 11.8 Å². The number of likely N-dealkylation sites (tertiary alicyclic amines) is 1. The first-order valence-electron chi connectivity index (χ1n) is 9.71. The number of carbonyl (C=O) groups excluding carboxylic acids is 1. The van der Waals surface area contributed by atoms with E-state index >= 15 is 0 Å². The van der Waals surface area contributed by atoms with Crippen LogP contribution in [0.3, 0.4) is 0 Å². The molecule has 0 amide bonds. The lowest BCUT2D eigenvalue weighted by Crippen LogP contribution is -2.67. The number of carbonyl (C=O) groups is 1. The number of benzene rings is 1. The van der Waals surface area contributed by atoms with Crippen molar-refractivity contribution in [2.24, 2.45) is 11.8 Å². The third-order valence-electron chi connectivity index (χ3n) is 7.40. The molecular weight excluding hydrogens is 314 g/mol. The second-order valence-electron chi connectivity index (χ2n) is 8.42. The van der Waals surface area contributed by atoms with Gasteiger partial charge in [-0.05, 0) is 56.3 Å². The number of methoxy groups -OCH3 is 1. The molecular formula is C21H27NO3. The Bertz CT molecular complexity index is 745. The average Bonchev–Trinajstić information content (AvgIpc) is 2.95. The SMILES string of the molecule is CCC[C@H]1CC(=O)C2Oc3c(OC)ccc4c3C23CCN(C)C(C4)C13. The van der Waals surface area contributed by atoms with Gasteiger partial charge < -0.3 is 14.4 Å². The average molecular weight is 341 g/mol. The largest absolute Gasteiger partial charge is 0.493 e. The fraction of sp³-hybridized carbons (Fsp3) is 0.667. The summed E-state index contributed by atoms with van der Waals surface area (Å²) in [6.07, 6.45) is 4.76. The maximum Gasteiger partial charge on any atom is 0.174 e. The van der Waals surface area contributed by atoms with Crippen molar-refractivity contribution in [3.05, 3.63) is 23.3 Å². The second kappa shape index (κ2) is 5.23. The third kappa shape index (κ3) is 1.79. The van der Waals surface area contributed by atoms with Crippen LogP contribution in [0.4, 0.5) is 0 Å². The molecule has 4 unspecified atom stereocenters. The number of rotatable bonds is 3. The molecule has 4 nitrogen and oxygen atoms in total. The van der Waals surface area contributed by atoms with Crippen molar-refractivity contribution in [2.75, 3.05) is 20.7 Å². The van der Waals surface area contributed by atoms with Gasteiger partial charge >= 0.3 is 0 Å². The number of ketones is 1. The molecule has 1 saturated carbocycles. The molecule has 1 spiro atoms. The van der Waals surface area contributed by atoms with Crippen molar-refractivity contribution >= 4 is 5.78 Å². The van der Waals surface area contributed by atoms with Crippen molar-refractivity contribution in [3.8, 4) is 11.5 Å². The van der Waals surface area contributed by atoms with Gasteiger partial charge in [-0.25, -0.2) is 0 Å². The Balaban J connectivity index is 1.77. The van der Waals surface area contributed by atoms with E-state index in [0.717, 1.165) is 43.7 Å². The normalized spacial score (nSPS) is 38.3. The van der Waals surface area contributed by atoms with Crippen LogP contribution in [0.15, 0.2) is 12.1 Å². The van der Waals surface area contributed by atoms with Gasteiger partial charge in [-0.3, -0.25) is 4.79 Å². The minimum Gasteiger partial charge on any atom is -0.493 e. The predicted molar refractivity (Wildman–Crippen MR) is 95.3 cm³/mol. The number of piperidine rings is 1. The zero-order chi connectivity index (χ0) is 17.3. The van der Waals surface area contributed by atoms with Crippen molar-refractivity contribution in [2.45, 2.75) is 56.6 Å². The standard InChI is InChI=1S/C21H27NO3/c1-4-5-12-11-15(23)20-21-8-9-22(2)14(17(12)21)10-13-6-7-16(24-3)19(25-20)18(13)21/h6-7,12,14,17,20H,4-5,8-11H2,1-3H3/t12-,14?,17?,20?,21?/m0/s1. The van der Waals surface area contributed by atoms with E-state index in [-0.39, 0.29) is 11.5 Å². The maximum absolute atomic E-state index is 13.1. The Hall–Kier alpha value is -1.55. The van der Waals surface area contributed by atoms with Crippen LogP contribution in [0.25, 0.3) is 0 Å². The molecule has 0 radical (unpaired) electrons. The summed E-state index contributed by atoms with van der Waals surface area (Å²) < 4.78 is 12.0. The molecule has 2 bridgehead atoms. The Morgan fingerprint density at radius 3 is 2.96 bits per heavy atom. The van der Waals surface area contributed by atoms with Crippen molar-refractivity contribution < 1.29 is 14.3 Å². The summed E-state index contributed by atoms with van der Waals surface area (Å²) in [5.74, 6) is 2.97. The first-order valence-corrected chi connectivity index (χ1v) is 9.71. The number of ether oxygens (including phenoxy) is 2. The van der Waals surface area contributed by atoms with Gasteiger partial charge in [0.15, 0.2) is 23.4 Å². The van der Waals surface area contributed by atoms with E-state index in [1.165, 1.54) is 11.1 Å². The lowest BCUT2D eigenvalue weighted by atomic mass is 9.48. The van der Waals surface area contributed by atoms with Crippen LogP contribution < -0.4 is 9.47 Å². The minimum absolute atomic E-state index is 0.121. The van der Waals surface area contributed by atoms with Gasteiger partial charge in [0, 0.05) is 23.4 Å². The number of hydrogen-bond donors (Lipinski definition) is 0. The molecule has 1 aromatic carbocycles. The van der Waals surface area contributed by atoms with Crippen LogP contribution in [0.1, 0.15) is 43.7 Å². The van der Waals surface area contributed by atoms with Gasteiger partial charge in [0.05, 0.1) is 7.11 Å². The first kappa shape index (κ1) is 15.7. The Morgan fingerprint density at radius 2 is 2.20 bits per heavy atom. The van der Waals surface area contributed by atoms with Gasteiger partial charge in [0.2, 0.25) is 0 Å². The zero-order valence-corrected chi connectivity index (χ0v) is 15.4. The molecule has 0 aromatic heterocycles. The van der Waals surface area contributed by atoms with Crippen molar-refractivity contribution in [1.82, 2.24) is 4.90 Å². The molecule has 134 valence electrons. The molecule has 5 atom stereocenters. The molecule has 0 N–H and O–H groups in total. The van der Waals surface area contributed by atoms with E-state index < -0.39 is 0 Å². The summed E-state index contributed by atoms with van der Waals surface area (Å²) in [7, 11) is 3.96. The van der Waals surface area contributed by atoms with Crippen LogP contribution >= 0.6 is 0 Å². The monoisotopic (exact) mass is 341 g/mol. The Kier molecular flexibility index (Phi) is 3.28. The topological polar surface area (TPSA) is 38.8 Å². The molecule has 25 heavy (non-hydrogen) atoms. The van der Waals surface area contributed by atoms with E-state index in [9.17, 15) is 4.79 Å². The molecule has 2 fully saturated rings. The van der Waals surface area contributed by atoms with E-state index in [2.05, 4.69) is 24.9 Å². The molecule has 1 aromatic rings. The summed E-state index contributed by atoms with van der Waals surface area (Å²) in [6.45, 7) is 3.29. The highest BCUT2D eigenvalue weighted by Crippen LogP contribution is 2.64. The summed E-state index contributed by atoms with van der Waals surface area (Å²) in [4.78, 5) is 15.6. The van der Waals surface area contributed by atoms with E-state index in [4.69, 9.17) is 9.47 Å². The van der Waals surface area contributed by atoms with Crippen LogP contribution in [-0.2, 0) is 16.6 Å². The Labute approximate surface area is 149 Å². The molecule has 2 aliphatic carbocycles. The highest BCUT2D eigenvalue weighted by molar-refractivity contribution is 5.89. The van der Waals surface area contributed by atoms with E-state index in [1.54, 1.807) is 7.11 Å². The molecule has 5 rings (SSSR count). The fourth-order valence-corrected chi connectivity index (χ4v) is 6.57. The van der Waals surface area contributed by atoms with Crippen LogP contribution in [0.5, 0.6) is 11.5 Å². The molecule has 2 aliphatic heterocycles. The number of nitrogens with zero attached hydrogens (tertiary/aromatic N) is 1. The molecule has 4 heteroatoms. The van der Waals surface area contributed by atoms with Crippen LogP contribution in [0.2, 0.25) is 0 Å². The van der Waals surface area contributed by atoms with Gasteiger partial charge in [-0.15, -0.1) is 0 Å². The number of hydrogen-bond acceptors (Lipinski definition) is 4. The van der Waals surface area contributed by atoms with Gasteiger partial charge in [-0.2, -0.15) is 0 Å². The van der Waals surface area contributed by atoms with Crippen molar-refractivity contribution in [3.63, 3.8) is 0 Å². The van der Waals surface area contributed by atoms with Crippen LogP contribution in [-0.4, -0.2) is 43.5 Å². The summed E-state index contributed by atoms with van der Waals surface area (Å²) in [5.41, 5.74) is 2.57. The van der Waals surface area contributed by atoms with Gasteiger partial charge in [0.25, 0.3) is 0 Å². The molecule has 2 heterocycles. The smallest absolute Gasteiger partial charge is 0.174 e. The second-order valence-corrected chi connectivity index (χ2v) is 8.42. The Morgan fingerprint density at radius 1 is 1.36 bits per heavy atom. The van der Waals surface area contributed by atoms with E-state index in [1.807, 2.05) is 6.07 Å². The molecule has 1 saturated heterocycles. The summed E-state index contributed by atoms with van der Waals surface area (Å²) >= 11 is 0. The third-order valence-corrected chi connectivity index (χ3v) is 7.40. The van der Waals surface area contributed by atoms with Gasteiger partial charge in [0.1, 0.15) is 0 Å². The fourth-order valence-electron chi connectivity index (χ4n) is 6.57. The highest BCUT2D eigenvalue weighted by Gasteiger charge is 2.67. The van der Waals surface area contributed by atoms with E-state index in [0.29, 0.717) is 30.1 Å².